The molecule has 0 saturated heterocycles. The van der Waals surface area contributed by atoms with Gasteiger partial charge in [0, 0.05) is 0 Å². The molecular formula is C5H5BO. The van der Waals surface area contributed by atoms with Crippen molar-refractivity contribution in [1.29, 1.82) is 0 Å². The van der Waals surface area contributed by atoms with Crippen LogP contribution in [0.4, 0.5) is 0 Å². The Bertz CT molecular complexity index is 138. The fourth-order valence-corrected chi connectivity index (χ4v) is 0.428. The van der Waals surface area contributed by atoms with Crippen LogP contribution in [0.1, 0.15) is 0 Å². The second-order valence-electron chi connectivity index (χ2n) is 1.34. The van der Waals surface area contributed by atoms with Crippen molar-refractivity contribution in [2.75, 3.05) is 0 Å². The molecule has 0 fully saturated rings. The number of aromatic hydroxyl groups is 1. The fraction of sp³-hybridized carbons (Fsp3) is 0. The van der Waals surface area contributed by atoms with Crippen molar-refractivity contribution < 1.29 is 5.11 Å². The van der Waals surface area contributed by atoms with Crippen LogP contribution in [0.15, 0.2) is 24.1 Å². The van der Waals surface area contributed by atoms with Crippen molar-refractivity contribution in [2.45, 2.75) is 0 Å². The van der Waals surface area contributed by atoms with E-state index in [1.165, 1.54) is 0 Å². The van der Waals surface area contributed by atoms with Gasteiger partial charge in [-0.3, -0.25) is 0 Å². The van der Waals surface area contributed by atoms with E-state index >= 15 is 0 Å². The average molecular weight is 91.9 g/mol. The monoisotopic (exact) mass is 92.0 g/mol. The van der Waals surface area contributed by atoms with Crippen molar-refractivity contribution in [3.63, 3.8) is 0 Å². The van der Waals surface area contributed by atoms with Crippen LogP contribution in [0, 0.1) is 0 Å². The van der Waals surface area contributed by atoms with Crippen LogP contribution in [-0.4, -0.2) is 12.0 Å². The Balaban J connectivity index is 3.02. The van der Waals surface area contributed by atoms with E-state index in [-0.39, 0.29) is 0 Å². The summed E-state index contributed by atoms with van der Waals surface area (Å²) < 4.78 is 0. The Morgan fingerprint density at radius 1 is 1.57 bits per heavy atom. The third-order valence-electron chi connectivity index (χ3n) is 0.756. The van der Waals surface area contributed by atoms with Gasteiger partial charge in [0.2, 0.25) is 0 Å². The molecule has 1 heterocycles. The van der Waals surface area contributed by atoms with Gasteiger partial charge in [-0.05, 0) is 0 Å². The molecule has 1 aromatic heterocycles. The molecular weight excluding hydrogens is 86.9 g/mol. The first-order valence-corrected chi connectivity index (χ1v) is 2.13. The Labute approximate surface area is 42.8 Å². The number of hydrogen-bond donors (Lipinski definition) is 1. The summed E-state index contributed by atoms with van der Waals surface area (Å²) in [7, 11) is 0. The first kappa shape index (κ1) is 4.38. The third kappa shape index (κ3) is 1.04. The van der Waals surface area contributed by atoms with Crippen LogP contribution in [0.25, 0.3) is 0 Å². The van der Waals surface area contributed by atoms with Crippen LogP contribution in [0.3, 0.4) is 0 Å². The van der Waals surface area contributed by atoms with Crippen LogP contribution in [0.2, 0.25) is 0 Å². The molecule has 2 heteroatoms. The molecule has 0 bridgehead atoms. The summed E-state index contributed by atoms with van der Waals surface area (Å²) in [4.78, 5) is 0. The molecule has 0 saturated carbocycles. The summed E-state index contributed by atoms with van der Waals surface area (Å²) in [5, 5.41) is 8.63. The van der Waals surface area contributed by atoms with Gasteiger partial charge < -0.3 is 0 Å². The van der Waals surface area contributed by atoms with Crippen LogP contribution < -0.4 is 0 Å². The fourth-order valence-electron chi connectivity index (χ4n) is 0.428. The summed E-state index contributed by atoms with van der Waals surface area (Å²) in [5.41, 5.74) is 0. The molecule has 1 N–H and O–H groups in total. The van der Waals surface area contributed by atoms with Crippen LogP contribution >= 0.6 is 0 Å². The molecule has 1 rings (SSSR count). The summed E-state index contributed by atoms with van der Waals surface area (Å²) in [5.74, 6) is 3.82. The Morgan fingerprint density at radius 2 is 2.43 bits per heavy atom. The van der Waals surface area contributed by atoms with Gasteiger partial charge in [-0.25, -0.2) is 0 Å². The van der Waals surface area contributed by atoms with E-state index in [4.69, 9.17) is 5.11 Å². The normalized spacial score (nSPS) is 8.00. The quantitative estimate of drug-likeness (QED) is 0.500. The van der Waals surface area contributed by atoms with Crippen molar-refractivity contribution in [3.8, 4) is 5.75 Å². The van der Waals surface area contributed by atoms with Gasteiger partial charge in [-0.2, -0.15) is 0 Å². The van der Waals surface area contributed by atoms with Gasteiger partial charge in [0.25, 0.3) is 0 Å². The van der Waals surface area contributed by atoms with Gasteiger partial charge in [0.05, 0.1) is 0 Å². The van der Waals surface area contributed by atoms with Crippen molar-refractivity contribution in [1.82, 2.24) is 0 Å². The first-order valence-electron chi connectivity index (χ1n) is 2.13. The molecule has 0 aliphatic rings. The second-order valence-corrected chi connectivity index (χ2v) is 1.34. The van der Waals surface area contributed by atoms with E-state index in [0.29, 0.717) is 5.75 Å². The zero-order chi connectivity index (χ0) is 5.11. The first-order chi connectivity index (χ1) is 3.39. The molecule has 1 aromatic rings. The predicted molar refractivity (Wildman–Crippen MR) is 29.5 cm³/mol. The van der Waals surface area contributed by atoms with Gasteiger partial charge in [0.1, 0.15) is 0 Å². The van der Waals surface area contributed by atoms with Crippen LogP contribution in [0.5, 0.6) is 5.75 Å². The SMILES string of the molecule is Oc1cbccc1. The number of rotatable bonds is 0. The Kier molecular flexibility index (Phi) is 1.11. The maximum atomic E-state index is 8.63. The molecule has 0 aromatic carbocycles. The standard InChI is InChI=1S/C5H5BO/c7-5-2-1-3-6-4-5/h1-4,7H. The molecule has 0 atom stereocenters. The molecule has 0 spiro atoms. The molecule has 0 aliphatic carbocycles. The van der Waals surface area contributed by atoms with Crippen LogP contribution in [-0.2, 0) is 0 Å². The van der Waals surface area contributed by atoms with E-state index in [9.17, 15) is 0 Å². The molecule has 34 valence electrons. The molecule has 1 nitrogen and oxygen atoms in total. The third-order valence-corrected chi connectivity index (χ3v) is 0.756. The van der Waals surface area contributed by atoms with Gasteiger partial charge in [-0.1, -0.05) is 0 Å². The maximum absolute atomic E-state index is 8.63. The van der Waals surface area contributed by atoms with E-state index in [2.05, 4.69) is 0 Å². The summed E-state index contributed by atoms with van der Waals surface area (Å²) in [6, 6.07) is 3.43. The van der Waals surface area contributed by atoms with Crippen molar-refractivity contribution >= 4 is 6.91 Å². The summed E-state index contributed by atoms with van der Waals surface area (Å²) in [6.07, 6.45) is 0. The summed E-state index contributed by atoms with van der Waals surface area (Å²) in [6.45, 7) is 1.79. The van der Waals surface area contributed by atoms with Gasteiger partial charge in [0.15, 0.2) is 0 Å². The zero-order valence-corrected chi connectivity index (χ0v) is 3.83. The minimum atomic E-state index is 0.322. The molecule has 0 radical (unpaired) electrons. The Morgan fingerprint density at radius 3 is 2.71 bits per heavy atom. The topological polar surface area (TPSA) is 20.2 Å². The summed E-state index contributed by atoms with van der Waals surface area (Å²) >= 11 is 0. The van der Waals surface area contributed by atoms with E-state index in [0.717, 1.165) is 0 Å². The van der Waals surface area contributed by atoms with E-state index < -0.39 is 0 Å². The van der Waals surface area contributed by atoms with E-state index in [1.54, 1.807) is 25.0 Å². The molecule has 0 aliphatic heterocycles. The predicted octanol–water partition coefficient (Wildman–Crippen LogP) is 0.730. The zero-order valence-electron chi connectivity index (χ0n) is 3.83. The average Bonchev–Trinajstić information content (AvgIpc) is 1.69. The minimum absolute atomic E-state index is 0.322. The van der Waals surface area contributed by atoms with E-state index in [1.807, 2.05) is 5.96 Å². The number of hydrogen-bond acceptors (Lipinski definition) is 1. The van der Waals surface area contributed by atoms with Crippen molar-refractivity contribution in [3.05, 3.63) is 24.1 Å². The van der Waals surface area contributed by atoms with Gasteiger partial charge >= 0.3 is 41.8 Å². The Hall–Kier alpha value is -0.785. The molecule has 7 heavy (non-hydrogen) atoms. The van der Waals surface area contributed by atoms with Gasteiger partial charge in [-0.15, -0.1) is 0 Å². The van der Waals surface area contributed by atoms with Crippen molar-refractivity contribution in [2.24, 2.45) is 0 Å². The molecule has 0 amide bonds. The second kappa shape index (κ2) is 1.78. The molecule has 0 unspecified atom stereocenters.